The Morgan fingerprint density at radius 2 is 1.12 bits per heavy atom. The first-order valence-electron chi connectivity index (χ1n) is 6.61. The number of nitro groups is 2. The molecule has 0 amide bonds. The second kappa shape index (κ2) is 8.01. The van der Waals surface area contributed by atoms with E-state index in [0.29, 0.717) is 22.3 Å². The highest BCUT2D eigenvalue weighted by atomic mass is 16.6. The number of nitrogens with zero attached hydrogens (tertiary/aromatic N) is 4. The monoisotopic (exact) mass is 324 g/mol. The quantitative estimate of drug-likeness (QED) is 0.612. The van der Waals surface area contributed by atoms with E-state index >= 15 is 0 Å². The molecule has 0 aliphatic heterocycles. The van der Waals surface area contributed by atoms with Gasteiger partial charge in [0, 0.05) is 23.3 Å². The molecule has 2 aromatic carbocycles. The van der Waals surface area contributed by atoms with Gasteiger partial charge in [-0.1, -0.05) is 12.1 Å². The lowest BCUT2D eigenvalue weighted by atomic mass is 10.1. The molecule has 0 unspecified atom stereocenters. The minimum atomic E-state index is -0.490. The maximum atomic E-state index is 10.4. The van der Waals surface area contributed by atoms with Crippen molar-refractivity contribution in [2.45, 2.75) is 13.8 Å². The molecule has 0 spiro atoms. The molecule has 0 aliphatic carbocycles. The maximum absolute atomic E-state index is 10.4. The van der Waals surface area contributed by atoms with Crippen LogP contribution in [0.1, 0.15) is 22.3 Å². The van der Waals surface area contributed by atoms with E-state index in [-0.39, 0.29) is 11.4 Å². The molecule has 0 aromatic heterocycles. The van der Waals surface area contributed by atoms with Crippen molar-refractivity contribution in [3.8, 4) is 12.1 Å². The average Bonchev–Trinajstić information content (AvgIpc) is 2.55. The summed E-state index contributed by atoms with van der Waals surface area (Å²) in [6, 6.07) is 12.7. The molecule has 0 atom stereocenters. The van der Waals surface area contributed by atoms with Gasteiger partial charge < -0.3 is 0 Å². The summed E-state index contributed by atoms with van der Waals surface area (Å²) in [4.78, 5) is 19.8. The predicted molar refractivity (Wildman–Crippen MR) is 85.1 cm³/mol. The third-order valence-corrected chi connectivity index (χ3v) is 3.24. The summed E-state index contributed by atoms with van der Waals surface area (Å²) in [6.45, 7) is 3.13. The largest absolute Gasteiger partial charge is 0.273 e. The molecule has 120 valence electrons. The first kappa shape index (κ1) is 18.3. The van der Waals surface area contributed by atoms with Crippen LogP contribution in [0.15, 0.2) is 36.4 Å². The molecule has 8 nitrogen and oxygen atoms in total. The van der Waals surface area contributed by atoms with Gasteiger partial charge in [0.2, 0.25) is 0 Å². The van der Waals surface area contributed by atoms with Gasteiger partial charge in [-0.15, -0.1) is 0 Å². The minimum Gasteiger partial charge on any atom is -0.258 e. The van der Waals surface area contributed by atoms with Crippen LogP contribution in [0.3, 0.4) is 0 Å². The second-order valence-electron chi connectivity index (χ2n) is 4.64. The van der Waals surface area contributed by atoms with Crippen LogP contribution in [-0.4, -0.2) is 9.85 Å². The molecule has 0 saturated carbocycles. The van der Waals surface area contributed by atoms with Gasteiger partial charge in [-0.3, -0.25) is 20.2 Å². The smallest absolute Gasteiger partial charge is 0.258 e. The average molecular weight is 324 g/mol. The Kier molecular flexibility index (Phi) is 6.10. The summed E-state index contributed by atoms with van der Waals surface area (Å²) in [5, 5.41) is 37.9. The van der Waals surface area contributed by atoms with E-state index in [0.717, 1.165) is 0 Å². The van der Waals surface area contributed by atoms with E-state index in [1.54, 1.807) is 26.0 Å². The molecule has 2 aromatic rings. The van der Waals surface area contributed by atoms with Crippen LogP contribution in [0.25, 0.3) is 0 Å². The maximum Gasteiger partial charge on any atom is 0.273 e. The number of rotatable bonds is 2. The number of benzene rings is 2. The number of hydrogen-bond acceptors (Lipinski definition) is 6. The van der Waals surface area contributed by atoms with Crippen molar-refractivity contribution in [2.75, 3.05) is 0 Å². The highest BCUT2D eigenvalue weighted by Crippen LogP contribution is 2.20. The lowest BCUT2D eigenvalue weighted by molar-refractivity contribution is -0.385. The molecule has 8 heteroatoms. The Labute approximate surface area is 137 Å². The molecular formula is C16H12N4O4. The molecule has 0 aliphatic rings. The van der Waals surface area contributed by atoms with E-state index in [1.807, 2.05) is 12.1 Å². The minimum absolute atomic E-state index is 0.00551. The first-order valence-corrected chi connectivity index (χ1v) is 6.61. The van der Waals surface area contributed by atoms with Crippen LogP contribution in [0.4, 0.5) is 11.4 Å². The Balaban J connectivity index is 0.000000240. The third-order valence-electron chi connectivity index (χ3n) is 3.24. The van der Waals surface area contributed by atoms with Gasteiger partial charge in [-0.05, 0) is 26.0 Å². The predicted octanol–water partition coefficient (Wildman–Crippen LogP) is 3.55. The summed E-state index contributed by atoms with van der Waals surface area (Å²) < 4.78 is 0. The zero-order valence-corrected chi connectivity index (χ0v) is 12.9. The number of nitriles is 2. The summed E-state index contributed by atoms with van der Waals surface area (Å²) in [5.74, 6) is 0. The Hall–Kier alpha value is -3.78. The zero-order valence-electron chi connectivity index (χ0n) is 12.9. The molecule has 24 heavy (non-hydrogen) atoms. The first-order chi connectivity index (χ1) is 11.3. The van der Waals surface area contributed by atoms with Crippen molar-refractivity contribution in [1.29, 1.82) is 10.5 Å². The summed E-state index contributed by atoms with van der Waals surface area (Å²) >= 11 is 0. The molecule has 0 radical (unpaired) electrons. The summed E-state index contributed by atoms with van der Waals surface area (Å²) in [6.07, 6.45) is 0. The van der Waals surface area contributed by atoms with Gasteiger partial charge in [0.25, 0.3) is 11.4 Å². The van der Waals surface area contributed by atoms with E-state index in [9.17, 15) is 20.2 Å². The van der Waals surface area contributed by atoms with Gasteiger partial charge in [0.05, 0.1) is 33.1 Å². The van der Waals surface area contributed by atoms with Crippen LogP contribution in [-0.2, 0) is 0 Å². The van der Waals surface area contributed by atoms with E-state index < -0.39 is 9.85 Å². The van der Waals surface area contributed by atoms with E-state index in [1.165, 1.54) is 24.3 Å². The van der Waals surface area contributed by atoms with Crippen LogP contribution < -0.4 is 0 Å². The third kappa shape index (κ3) is 4.12. The van der Waals surface area contributed by atoms with E-state index in [2.05, 4.69) is 0 Å². The second-order valence-corrected chi connectivity index (χ2v) is 4.64. The van der Waals surface area contributed by atoms with Crippen LogP contribution in [0, 0.1) is 56.7 Å². The number of nitro benzene ring substituents is 2. The topological polar surface area (TPSA) is 134 Å². The molecule has 2 rings (SSSR count). The van der Waals surface area contributed by atoms with Crippen molar-refractivity contribution in [2.24, 2.45) is 0 Å². The fourth-order valence-corrected chi connectivity index (χ4v) is 1.88. The molecule has 0 heterocycles. The standard InChI is InChI=1S/2C8H6N2O2/c2*1-6-7(5-9)3-2-4-8(6)10(11)12/h2*2-4H,1H3. The molecule has 0 fully saturated rings. The fraction of sp³-hybridized carbons (Fsp3) is 0.125. The fourth-order valence-electron chi connectivity index (χ4n) is 1.88. The van der Waals surface area contributed by atoms with Crippen molar-refractivity contribution in [3.05, 3.63) is 78.9 Å². The van der Waals surface area contributed by atoms with Crippen molar-refractivity contribution < 1.29 is 9.85 Å². The zero-order chi connectivity index (χ0) is 18.3. The van der Waals surface area contributed by atoms with Crippen molar-refractivity contribution in [1.82, 2.24) is 0 Å². The highest BCUT2D eigenvalue weighted by Gasteiger charge is 2.12. The summed E-state index contributed by atoms with van der Waals surface area (Å²) in [5.41, 5.74) is 1.53. The van der Waals surface area contributed by atoms with Gasteiger partial charge in [0.1, 0.15) is 0 Å². The van der Waals surface area contributed by atoms with Gasteiger partial charge in [0.15, 0.2) is 0 Å². The Morgan fingerprint density at radius 1 is 0.792 bits per heavy atom. The van der Waals surface area contributed by atoms with Crippen LogP contribution in [0.2, 0.25) is 0 Å². The molecule has 0 bridgehead atoms. The van der Waals surface area contributed by atoms with Crippen molar-refractivity contribution in [3.63, 3.8) is 0 Å². The van der Waals surface area contributed by atoms with Crippen molar-refractivity contribution >= 4 is 11.4 Å². The van der Waals surface area contributed by atoms with Gasteiger partial charge in [-0.2, -0.15) is 10.5 Å². The summed E-state index contributed by atoms with van der Waals surface area (Å²) in [7, 11) is 0. The van der Waals surface area contributed by atoms with Crippen LogP contribution >= 0.6 is 0 Å². The Morgan fingerprint density at radius 3 is 1.38 bits per heavy atom. The van der Waals surface area contributed by atoms with Gasteiger partial charge in [-0.25, -0.2) is 0 Å². The van der Waals surface area contributed by atoms with Crippen LogP contribution in [0.5, 0.6) is 0 Å². The number of hydrogen-bond donors (Lipinski definition) is 0. The molecular weight excluding hydrogens is 312 g/mol. The normalized spacial score (nSPS) is 9.00. The SMILES string of the molecule is Cc1c(C#N)cccc1[N+](=O)[O-].Cc1c(C#N)cccc1[N+](=O)[O-]. The molecule has 0 saturated heterocycles. The Bertz CT molecular complexity index is 805. The van der Waals surface area contributed by atoms with Gasteiger partial charge >= 0.3 is 0 Å². The lowest BCUT2D eigenvalue weighted by Gasteiger charge is -1.96. The lowest BCUT2D eigenvalue weighted by Crippen LogP contribution is -1.93. The van der Waals surface area contributed by atoms with E-state index in [4.69, 9.17) is 10.5 Å². The molecule has 0 N–H and O–H groups in total. The highest BCUT2D eigenvalue weighted by molar-refractivity contribution is 5.50.